The molecule has 2 rings (SSSR count). The average molecular weight is 378 g/mol. The molecule has 0 aromatic rings. The third-order valence-corrected chi connectivity index (χ3v) is 5.05. The van der Waals surface area contributed by atoms with Gasteiger partial charge in [0, 0.05) is 13.0 Å². The van der Waals surface area contributed by atoms with E-state index in [1.807, 2.05) is 20.8 Å². The van der Waals surface area contributed by atoms with E-state index in [2.05, 4.69) is 6.92 Å². The first kappa shape index (κ1) is 21.6. The van der Waals surface area contributed by atoms with Gasteiger partial charge in [0.05, 0.1) is 7.11 Å². The monoisotopic (exact) mass is 378 g/mol. The van der Waals surface area contributed by atoms with Crippen molar-refractivity contribution in [2.45, 2.75) is 78.4 Å². The van der Waals surface area contributed by atoms with Gasteiger partial charge in [-0.25, -0.2) is 4.79 Å². The average Bonchev–Trinajstić information content (AvgIpc) is 3.36. The molecule has 0 aromatic heterocycles. The zero-order chi connectivity index (χ0) is 20.2. The molecule has 1 aliphatic carbocycles. The van der Waals surface area contributed by atoms with Crippen LogP contribution in [-0.2, 0) is 23.9 Å². The summed E-state index contributed by atoms with van der Waals surface area (Å²) >= 11 is 0. The Balaban J connectivity index is 1.97. The number of nitrogens with zero attached hydrogens (tertiary/aromatic N) is 1. The Morgan fingerprint density at radius 3 is 2.41 bits per heavy atom. The number of rotatable bonds is 9. The molecule has 0 saturated carbocycles. The quantitative estimate of drug-likeness (QED) is 0.350. The number of hydrogen-bond acceptors (Lipinski definition) is 5. The van der Waals surface area contributed by atoms with E-state index in [-0.39, 0.29) is 11.8 Å². The van der Waals surface area contributed by atoms with Gasteiger partial charge in [-0.2, -0.15) is 0 Å². The van der Waals surface area contributed by atoms with Gasteiger partial charge in [-0.15, -0.1) is 0 Å². The van der Waals surface area contributed by atoms with Crippen LogP contribution in [0.15, 0.2) is 11.6 Å². The fourth-order valence-corrected chi connectivity index (χ4v) is 3.40. The van der Waals surface area contributed by atoms with Crippen molar-refractivity contribution < 1.29 is 23.9 Å². The van der Waals surface area contributed by atoms with Gasteiger partial charge in [0.25, 0.3) is 5.91 Å². The summed E-state index contributed by atoms with van der Waals surface area (Å²) in [6.07, 6.45) is 6.60. The first-order valence-electron chi connectivity index (χ1n) is 9.88. The fourth-order valence-electron chi connectivity index (χ4n) is 3.40. The fraction of sp³-hybridized carbons (Fsp3) is 0.714. The van der Waals surface area contributed by atoms with E-state index in [0.717, 1.165) is 29.7 Å². The molecule has 6 heteroatoms. The van der Waals surface area contributed by atoms with E-state index >= 15 is 0 Å². The molecule has 0 bridgehead atoms. The number of esters is 1. The molecule has 1 heterocycles. The molecule has 1 radical (unpaired) electrons. The topological polar surface area (TPSA) is 72.9 Å². The maximum atomic E-state index is 12.9. The largest absolute Gasteiger partial charge is 0.467 e. The second-order valence-electron chi connectivity index (χ2n) is 8.28. The first-order chi connectivity index (χ1) is 12.7. The zero-order valence-electron chi connectivity index (χ0n) is 17.2. The third-order valence-electron chi connectivity index (χ3n) is 5.05. The lowest BCUT2D eigenvalue weighted by Crippen LogP contribution is -2.45. The van der Waals surface area contributed by atoms with Crippen molar-refractivity contribution in [1.29, 1.82) is 0 Å². The van der Waals surface area contributed by atoms with E-state index in [9.17, 15) is 14.4 Å². The van der Waals surface area contributed by atoms with Crippen LogP contribution in [0.4, 0.5) is 0 Å². The van der Waals surface area contributed by atoms with E-state index in [1.165, 1.54) is 20.0 Å². The number of imide groups is 1. The summed E-state index contributed by atoms with van der Waals surface area (Å²) in [6.45, 7) is 8.63. The van der Waals surface area contributed by atoms with Gasteiger partial charge in [0.15, 0.2) is 0 Å². The van der Waals surface area contributed by atoms with Gasteiger partial charge in [-0.3, -0.25) is 14.5 Å². The smallest absolute Gasteiger partial charge is 0.329 e. The molecule has 27 heavy (non-hydrogen) atoms. The lowest BCUT2D eigenvalue weighted by atomic mass is 9.90. The molecule has 1 aliphatic heterocycles. The van der Waals surface area contributed by atoms with E-state index in [1.54, 1.807) is 6.08 Å². The molecule has 2 atom stereocenters. The minimum absolute atomic E-state index is 0.157. The summed E-state index contributed by atoms with van der Waals surface area (Å²) in [6, 6.07) is -0.914. The van der Waals surface area contributed by atoms with Crippen LogP contribution in [0.5, 0.6) is 0 Å². The summed E-state index contributed by atoms with van der Waals surface area (Å²) < 4.78 is 10.5. The van der Waals surface area contributed by atoms with Crippen LogP contribution in [0.2, 0.25) is 0 Å². The second-order valence-corrected chi connectivity index (χ2v) is 8.28. The number of carbonyl (C=O) groups excluding carboxylic acids is 3. The number of hydrogen-bond donors (Lipinski definition) is 0. The molecule has 151 valence electrons. The Bertz CT molecular complexity index is 604. The number of likely N-dealkylation sites (tertiary alicyclic amines) is 1. The van der Waals surface area contributed by atoms with E-state index < -0.39 is 29.9 Å². The number of unbranched alkanes of at least 4 members (excludes halogenated alkanes) is 4. The highest BCUT2D eigenvalue weighted by atomic mass is 16.5. The molecule has 1 fully saturated rings. The van der Waals surface area contributed by atoms with Crippen LogP contribution in [-0.4, -0.2) is 48.5 Å². The number of carbonyl (C=O) groups is 3. The molecule has 2 unspecified atom stereocenters. The predicted molar refractivity (Wildman–Crippen MR) is 102 cm³/mol. The van der Waals surface area contributed by atoms with Crippen LogP contribution >= 0.6 is 0 Å². The normalized spacial score (nSPS) is 22.8. The summed E-state index contributed by atoms with van der Waals surface area (Å²) in [5, 5.41) is 0. The summed E-state index contributed by atoms with van der Waals surface area (Å²) in [4.78, 5) is 38.8. The Kier molecular flexibility index (Phi) is 7.20. The standard InChI is InChI=1S/C21H32NO5/c1-6-7-8-9-10-11-27-17-13-16(20(25)26-5)22(19(17)24)18(23)14-12-15(14)21(2,3)4/h12,16-17H,6-11,13H2,1-5H3. The highest BCUT2D eigenvalue weighted by Crippen LogP contribution is 2.46. The Morgan fingerprint density at radius 2 is 1.85 bits per heavy atom. The van der Waals surface area contributed by atoms with Crippen LogP contribution in [0.1, 0.15) is 66.2 Å². The lowest BCUT2D eigenvalue weighted by Gasteiger charge is -2.22. The molecule has 1 saturated heterocycles. The van der Waals surface area contributed by atoms with Gasteiger partial charge in [0.2, 0.25) is 5.91 Å². The van der Waals surface area contributed by atoms with Crippen LogP contribution < -0.4 is 0 Å². The molecule has 6 nitrogen and oxygen atoms in total. The molecule has 2 amide bonds. The van der Waals surface area contributed by atoms with Crippen molar-refractivity contribution >= 4 is 17.8 Å². The summed E-state index contributed by atoms with van der Waals surface area (Å²) in [5.74, 6) is -0.923. The van der Waals surface area contributed by atoms with E-state index in [4.69, 9.17) is 9.47 Å². The van der Waals surface area contributed by atoms with Gasteiger partial charge in [0.1, 0.15) is 18.1 Å². The number of methoxy groups -OCH3 is 1. The Labute approximate surface area is 162 Å². The number of amides is 2. The van der Waals surface area contributed by atoms with Crippen LogP contribution in [0.3, 0.4) is 0 Å². The zero-order valence-corrected chi connectivity index (χ0v) is 17.2. The van der Waals surface area contributed by atoms with Crippen molar-refractivity contribution in [1.82, 2.24) is 4.90 Å². The second kappa shape index (κ2) is 9.00. The Hall–Kier alpha value is -1.69. The van der Waals surface area contributed by atoms with Crippen molar-refractivity contribution in [2.24, 2.45) is 5.41 Å². The summed E-state index contributed by atoms with van der Waals surface area (Å²) in [7, 11) is 1.26. The highest BCUT2D eigenvalue weighted by molar-refractivity contribution is 6.14. The molecule has 0 aromatic carbocycles. The van der Waals surface area contributed by atoms with Crippen molar-refractivity contribution in [3.05, 3.63) is 17.6 Å². The molecular formula is C21H32NO5. The van der Waals surface area contributed by atoms with Gasteiger partial charge in [-0.1, -0.05) is 59.5 Å². The molecule has 0 N–H and O–H groups in total. The van der Waals surface area contributed by atoms with Crippen LogP contribution in [0.25, 0.3) is 0 Å². The third kappa shape index (κ3) is 5.18. The van der Waals surface area contributed by atoms with Crippen molar-refractivity contribution in [3.63, 3.8) is 0 Å². The van der Waals surface area contributed by atoms with E-state index in [0.29, 0.717) is 12.5 Å². The SMILES string of the molecule is CCCCCCCOC1CC(C(=O)OC)N(C(=O)[C]2C=C2C(C)(C)C)C1=O. The summed E-state index contributed by atoms with van der Waals surface area (Å²) in [5.41, 5.74) is 0.757. The van der Waals surface area contributed by atoms with Gasteiger partial charge < -0.3 is 9.47 Å². The predicted octanol–water partition coefficient (Wildman–Crippen LogP) is 3.20. The molecule has 0 spiro atoms. The van der Waals surface area contributed by atoms with Crippen molar-refractivity contribution in [3.8, 4) is 0 Å². The van der Waals surface area contributed by atoms with Gasteiger partial charge >= 0.3 is 5.97 Å². The first-order valence-corrected chi connectivity index (χ1v) is 9.88. The lowest BCUT2D eigenvalue weighted by molar-refractivity contribution is -0.155. The van der Waals surface area contributed by atoms with Crippen LogP contribution in [0, 0.1) is 11.3 Å². The van der Waals surface area contributed by atoms with Gasteiger partial charge in [-0.05, 0) is 17.4 Å². The minimum atomic E-state index is -0.914. The maximum absolute atomic E-state index is 12.9. The minimum Gasteiger partial charge on any atom is -0.467 e. The number of ether oxygens (including phenoxy) is 2. The van der Waals surface area contributed by atoms with Crippen molar-refractivity contribution in [2.75, 3.05) is 13.7 Å². The molecular weight excluding hydrogens is 346 g/mol. The Morgan fingerprint density at radius 1 is 1.19 bits per heavy atom. The highest BCUT2D eigenvalue weighted by Gasteiger charge is 2.52. The maximum Gasteiger partial charge on any atom is 0.329 e. The molecule has 2 aliphatic rings.